The minimum atomic E-state index is -0.642. The minimum absolute atomic E-state index is 0.000462. The van der Waals surface area contributed by atoms with Crippen molar-refractivity contribution in [1.82, 2.24) is 20.4 Å². The zero-order valence-corrected chi connectivity index (χ0v) is 21.6. The van der Waals surface area contributed by atoms with E-state index < -0.39 is 11.5 Å². The van der Waals surface area contributed by atoms with Crippen LogP contribution in [0.4, 0.5) is 0 Å². The van der Waals surface area contributed by atoms with Gasteiger partial charge in [0.1, 0.15) is 6.04 Å². The summed E-state index contributed by atoms with van der Waals surface area (Å²) in [5.74, 6) is 0.104. The normalized spacial score (nSPS) is 28.1. The fourth-order valence-electron chi connectivity index (χ4n) is 5.53. The van der Waals surface area contributed by atoms with Gasteiger partial charge < -0.3 is 20.3 Å². The maximum absolute atomic E-state index is 13.6. The third kappa shape index (κ3) is 6.53. The zero-order valence-electron chi connectivity index (χ0n) is 21.6. The van der Waals surface area contributed by atoms with Gasteiger partial charge in [-0.2, -0.15) is 0 Å². The van der Waals surface area contributed by atoms with Crippen LogP contribution >= 0.6 is 0 Å². The van der Waals surface area contributed by atoms with Crippen molar-refractivity contribution in [2.75, 3.05) is 46.9 Å². The molecule has 8 nitrogen and oxygen atoms in total. The molecule has 3 atom stereocenters. The van der Waals surface area contributed by atoms with E-state index in [0.717, 1.165) is 31.5 Å². The lowest BCUT2D eigenvalue weighted by Crippen LogP contribution is -2.58. The van der Waals surface area contributed by atoms with Crippen molar-refractivity contribution in [3.63, 3.8) is 0 Å². The van der Waals surface area contributed by atoms with Crippen molar-refractivity contribution in [2.45, 2.75) is 50.6 Å². The Hall–Kier alpha value is -2.71. The van der Waals surface area contributed by atoms with E-state index >= 15 is 0 Å². The average molecular weight is 497 g/mol. The molecule has 0 unspecified atom stereocenters. The minimum Gasteiger partial charge on any atom is -0.381 e. The molecular weight excluding hydrogens is 456 g/mol. The van der Waals surface area contributed by atoms with Crippen LogP contribution in [-0.2, 0) is 25.5 Å². The molecule has 0 aromatic heterocycles. The first-order valence-electron chi connectivity index (χ1n) is 13.2. The summed E-state index contributed by atoms with van der Waals surface area (Å²) in [6.07, 6.45) is 8.26. The predicted molar refractivity (Wildman–Crippen MR) is 138 cm³/mol. The third-order valence-corrected chi connectivity index (χ3v) is 7.95. The molecule has 4 rings (SSSR count). The van der Waals surface area contributed by atoms with E-state index in [1.807, 2.05) is 30.3 Å². The number of carbonyl (C=O) groups is 3. The second-order valence-electron chi connectivity index (χ2n) is 10.7. The number of piperidine rings is 1. The Bertz CT molecular complexity index is 942. The van der Waals surface area contributed by atoms with Gasteiger partial charge in [-0.1, -0.05) is 42.5 Å². The number of carbonyl (C=O) groups excluding carboxylic acids is 3. The first kappa shape index (κ1) is 26.4. The summed E-state index contributed by atoms with van der Waals surface area (Å²) in [7, 11) is 3.56. The molecule has 2 fully saturated rings. The first-order chi connectivity index (χ1) is 17.4. The summed E-state index contributed by atoms with van der Waals surface area (Å²) in [5.41, 5.74) is 0.457. The molecule has 2 N–H and O–H groups in total. The second kappa shape index (κ2) is 12.0. The Balaban J connectivity index is 1.57. The maximum atomic E-state index is 13.6. The number of fused-ring (bicyclic) bond motifs is 1. The van der Waals surface area contributed by atoms with Gasteiger partial charge in [0.2, 0.25) is 17.7 Å². The molecule has 36 heavy (non-hydrogen) atoms. The number of amides is 3. The van der Waals surface area contributed by atoms with Crippen LogP contribution in [-0.4, -0.2) is 86.5 Å². The topological polar surface area (TPSA) is 91.0 Å². The summed E-state index contributed by atoms with van der Waals surface area (Å²) < 4.78 is 5.57. The third-order valence-electron chi connectivity index (χ3n) is 7.95. The van der Waals surface area contributed by atoms with Crippen LogP contribution in [0, 0.1) is 11.3 Å². The number of rotatable bonds is 4. The van der Waals surface area contributed by atoms with Crippen molar-refractivity contribution in [3.8, 4) is 0 Å². The number of likely N-dealkylation sites (tertiary alicyclic amines) is 1. The van der Waals surface area contributed by atoms with Gasteiger partial charge in [0.25, 0.3) is 0 Å². The van der Waals surface area contributed by atoms with E-state index in [1.165, 1.54) is 0 Å². The van der Waals surface area contributed by atoms with Gasteiger partial charge in [-0.25, -0.2) is 0 Å². The van der Waals surface area contributed by atoms with Gasteiger partial charge in [0.05, 0.1) is 12.0 Å². The second-order valence-corrected chi connectivity index (χ2v) is 10.7. The lowest BCUT2D eigenvalue weighted by Gasteiger charge is -2.40. The van der Waals surface area contributed by atoms with Crippen LogP contribution in [0.3, 0.4) is 0 Å². The van der Waals surface area contributed by atoms with Crippen LogP contribution in [0.1, 0.15) is 37.7 Å². The number of benzene rings is 1. The lowest BCUT2D eigenvalue weighted by atomic mass is 9.75. The lowest BCUT2D eigenvalue weighted by molar-refractivity contribution is -0.140. The number of ether oxygens (including phenoxy) is 1. The van der Waals surface area contributed by atoms with Crippen molar-refractivity contribution in [1.29, 1.82) is 0 Å². The zero-order chi connectivity index (χ0) is 25.5. The van der Waals surface area contributed by atoms with Crippen LogP contribution in [0.2, 0.25) is 0 Å². The standard InChI is InChI=1S/C28H40N4O4/c1-31(2)25(33)20-32-15-11-23-22(19-32)10-6-7-12-28(13-16-36-17-14-28)27(35)30-24(26(34)29-23)18-21-8-4-3-5-9-21/h3-9,22-24H,10-20H2,1-2H3,(H,29,34)(H,30,35)/b7-6+/t22-,23+,24-/m1/s1. The molecule has 196 valence electrons. The van der Waals surface area contributed by atoms with Gasteiger partial charge in [0, 0.05) is 52.9 Å². The van der Waals surface area contributed by atoms with E-state index in [0.29, 0.717) is 45.4 Å². The highest BCUT2D eigenvalue weighted by Crippen LogP contribution is 2.36. The van der Waals surface area contributed by atoms with E-state index in [9.17, 15) is 14.4 Å². The highest BCUT2D eigenvalue weighted by Gasteiger charge is 2.41. The molecule has 3 aliphatic heterocycles. The number of hydrogen-bond donors (Lipinski definition) is 2. The molecule has 1 aromatic carbocycles. The number of nitrogens with zero attached hydrogens (tertiary/aromatic N) is 2. The predicted octanol–water partition coefficient (Wildman–Crippen LogP) is 1.76. The van der Waals surface area contributed by atoms with Crippen molar-refractivity contribution in [2.24, 2.45) is 11.3 Å². The van der Waals surface area contributed by atoms with Crippen LogP contribution in [0.5, 0.6) is 0 Å². The van der Waals surface area contributed by atoms with Crippen molar-refractivity contribution < 1.29 is 19.1 Å². The van der Waals surface area contributed by atoms with Gasteiger partial charge >= 0.3 is 0 Å². The highest BCUT2D eigenvalue weighted by molar-refractivity contribution is 5.90. The average Bonchev–Trinajstić information content (AvgIpc) is 2.88. The summed E-state index contributed by atoms with van der Waals surface area (Å²) >= 11 is 0. The van der Waals surface area contributed by atoms with E-state index in [2.05, 4.69) is 27.7 Å². The molecule has 1 aromatic rings. The fraction of sp³-hybridized carbons (Fsp3) is 0.607. The monoisotopic (exact) mass is 496 g/mol. The van der Waals surface area contributed by atoms with Gasteiger partial charge in [-0.3, -0.25) is 19.3 Å². The molecular formula is C28H40N4O4. The van der Waals surface area contributed by atoms with Gasteiger partial charge in [0.15, 0.2) is 0 Å². The number of allylic oxidation sites excluding steroid dienone is 2. The maximum Gasteiger partial charge on any atom is 0.243 e. The number of likely N-dealkylation sites (N-methyl/N-ethyl adjacent to an activating group) is 1. The molecule has 2 saturated heterocycles. The molecule has 3 amide bonds. The molecule has 3 heterocycles. The van der Waals surface area contributed by atoms with E-state index in [4.69, 9.17) is 4.74 Å². The van der Waals surface area contributed by atoms with Crippen LogP contribution < -0.4 is 10.6 Å². The van der Waals surface area contributed by atoms with E-state index in [1.54, 1.807) is 19.0 Å². The smallest absolute Gasteiger partial charge is 0.243 e. The molecule has 0 saturated carbocycles. The quantitative estimate of drug-likeness (QED) is 0.620. The van der Waals surface area contributed by atoms with Crippen molar-refractivity contribution in [3.05, 3.63) is 48.0 Å². The Morgan fingerprint density at radius 1 is 1.11 bits per heavy atom. The largest absolute Gasteiger partial charge is 0.381 e. The summed E-state index contributed by atoms with van der Waals surface area (Å²) in [5, 5.41) is 6.42. The highest BCUT2D eigenvalue weighted by atomic mass is 16.5. The molecule has 8 heteroatoms. The van der Waals surface area contributed by atoms with Gasteiger partial charge in [-0.05, 0) is 43.6 Å². The molecule has 0 aliphatic carbocycles. The summed E-state index contributed by atoms with van der Waals surface area (Å²) in [4.78, 5) is 43.3. The van der Waals surface area contributed by atoms with Crippen LogP contribution in [0.15, 0.2) is 42.5 Å². The Labute approximate surface area is 214 Å². The Morgan fingerprint density at radius 3 is 2.58 bits per heavy atom. The van der Waals surface area contributed by atoms with Gasteiger partial charge in [-0.15, -0.1) is 0 Å². The van der Waals surface area contributed by atoms with Crippen molar-refractivity contribution >= 4 is 17.7 Å². The fourth-order valence-corrected chi connectivity index (χ4v) is 5.53. The number of nitrogens with one attached hydrogen (secondary N) is 2. The molecule has 3 aliphatic rings. The summed E-state index contributed by atoms with van der Waals surface area (Å²) in [6.45, 7) is 3.00. The summed E-state index contributed by atoms with van der Waals surface area (Å²) in [6, 6.07) is 9.20. The first-order valence-corrected chi connectivity index (χ1v) is 13.2. The van der Waals surface area contributed by atoms with E-state index in [-0.39, 0.29) is 29.7 Å². The Kier molecular flexibility index (Phi) is 8.80. The SMILES string of the molecule is CN(C)C(=O)CN1CC[C@@H]2NC(=O)[C@@H](Cc3ccccc3)NC(=O)C3(C/C=C/C[C@@H]2C1)CCOCC3. The molecule has 0 radical (unpaired) electrons. The molecule has 0 bridgehead atoms. The molecule has 1 spiro atoms. The Morgan fingerprint density at radius 2 is 1.86 bits per heavy atom. The van der Waals surface area contributed by atoms with Crippen LogP contribution in [0.25, 0.3) is 0 Å². The number of hydrogen-bond acceptors (Lipinski definition) is 5.